The Balaban J connectivity index is 0.000000251. The minimum Gasteiger partial charge on any atom is -0.258 e. The Kier molecular flexibility index (Phi) is 8.37. The van der Waals surface area contributed by atoms with Crippen molar-refractivity contribution in [2.45, 2.75) is 12.3 Å². The highest BCUT2D eigenvalue weighted by molar-refractivity contribution is 9.08. The average molecular weight is 491 g/mol. The van der Waals surface area contributed by atoms with Crippen LogP contribution in [0.5, 0.6) is 0 Å². The molecule has 2 aromatic carbocycles. The van der Waals surface area contributed by atoms with Gasteiger partial charge in [0.05, 0.1) is 29.9 Å². The molecule has 11 heteroatoms. The summed E-state index contributed by atoms with van der Waals surface area (Å²) in [4.78, 5) is 19.6. The fourth-order valence-corrected chi connectivity index (χ4v) is 3.57. The number of hydrogen-bond acceptors (Lipinski definition) is 4. The van der Waals surface area contributed by atoms with E-state index in [0.717, 1.165) is 0 Å². The summed E-state index contributed by atoms with van der Waals surface area (Å²) in [5.74, 6) is 0. The van der Waals surface area contributed by atoms with Crippen LogP contribution in [0.3, 0.4) is 0 Å². The monoisotopic (exact) mass is 488 g/mol. The molecule has 0 aliphatic carbocycles. The van der Waals surface area contributed by atoms with E-state index in [2.05, 4.69) is 15.9 Å². The van der Waals surface area contributed by atoms with Crippen molar-refractivity contribution in [3.8, 4) is 0 Å². The summed E-state index contributed by atoms with van der Waals surface area (Å²) in [7, 11) is 0. The van der Waals surface area contributed by atoms with Crippen LogP contribution >= 0.6 is 62.3 Å². The number of rotatable bonds is 3. The van der Waals surface area contributed by atoms with E-state index in [4.69, 9.17) is 46.4 Å². The van der Waals surface area contributed by atoms with Crippen molar-refractivity contribution in [1.82, 2.24) is 0 Å². The fraction of sp³-hybridized carbons (Fsp3) is 0.143. The zero-order valence-electron chi connectivity index (χ0n) is 12.4. The second-order valence-electron chi connectivity index (χ2n) is 4.57. The molecule has 0 bridgehead atoms. The third-order valence-corrected chi connectivity index (χ3v) is 4.97. The molecule has 0 unspecified atom stereocenters. The molecule has 0 heterocycles. The molecule has 0 fully saturated rings. The summed E-state index contributed by atoms with van der Waals surface area (Å²) in [5.41, 5.74) is 1.13. The Morgan fingerprint density at radius 2 is 1.16 bits per heavy atom. The lowest BCUT2D eigenvalue weighted by Gasteiger charge is -2.02. The predicted molar refractivity (Wildman–Crippen MR) is 104 cm³/mol. The second kappa shape index (κ2) is 9.54. The topological polar surface area (TPSA) is 86.3 Å². The van der Waals surface area contributed by atoms with Crippen LogP contribution in [0.25, 0.3) is 0 Å². The van der Waals surface area contributed by atoms with Crippen molar-refractivity contribution in [2.75, 3.05) is 0 Å². The number of nitrogens with zero attached hydrogens (tertiary/aromatic N) is 2. The lowest BCUT2D eigenvalue weighted by Crippen LogP contribution is -1.90. The highest BCUT2D eigenvalue weighted by Crippen LogP contribution is 2.31. The van der Waals surface area contributed by atoms with Crippen LogP contribution in [-0.4, -0.2) is 9.85 Å². The van der Waals surface area contributed by atoms with E-state index < -0.39 is 9.85 Å². The van der Waals surface area contributed by atoms with Crippen LogP contribution in [0.4, 0.5) is 11.4 Å². The van der Waals surface area contributed by atoms with Gasteiger partial charge in [0, 0.05) is 35.2 Å². The first-order valence-corrected chi connectivity index (χ1v) is 9.00. The first kappa shape index (κ1) is 21.9. The maximum Gasteiger partial charge on any atom is 0.272 e. The molecule has 2 aromatic rings. The predicted octanol–water partition coefficient (Wildman–Crippen LogP) is 7.01. The Bertz CT molecular complexity index is 786. The first-order chi connectivity index (χ1) is 11.6. The molecule has 0 aromatic heterocycles. The van der Waals surface area contributed by atoms with Gasteiger partial charge in [-0.15, -0.1) is 0 Å². The molecule has 134 valence electrons. The number of benzene rings is 2. The standard InChI is InChI=1S/C7H4BrCl2NO2.C7H5Cl2NO2/c8-3-5-6(9)1-4(11(12)13)2-7(5)10;1-4-6(8)2-5(10(11)12)3-7(4)9/h1-2H,3H2;2-3H,1H3. The van der Waals surface area contributed by atoms with Crippen molar-refractivity contribution in [3.63, 3.8) is 0 Å². The summed E-state index contributed by atoms with van der Waals surface area (Å²) in [6, 6.07) is 5.12. The van der Waals surface area contributed by atoms with Gasteiger partial charge in [-0.05, 0) is 12.5 Å². The maximum absolute atomic E-state index is 10.4. The number of nitro groups is 2. The van der Waals surface area contributed by atoms with Crippen LogP contribution in [0.1, 0.15) is 11.1 Å². The summed E-state index contributed by atoms with van der Waals surface area (Å²) in [5, 5.41) is 22.4. The van der Waals surface area contributed by atoms with Gasteiger partial charge in [-0.3, -0.25) is 20.2 Å². The zero-order chi connectivity index (χ0) is 19.3. The van der Waals surface area contributed by atoms with E-state index in [1.54, 1.807) is 6.92 Å². The number of hydrogen-bond donors (Lipinski definition) is 0. The minimum absolute atomic E-state index is 0.0874. The average Bonchev–Trinajstić information content (AvgIpc) is 2.52. The van der Waals surface area contributed by atoms with E-state index in [1.807, 2.05) is 0 Å². The van der Waals surface area contributed by atoms with Gasteiger partial charge < -0.3 is 0 Å². The molecule has 0 radical (unpaired) electrons. The molecule has 0 saturated heterocycles. The summed E-state index contributed by atoms with van der Waals surface area (Å²) < 4.78 is 0. The molecule has 0 atom stereocenters. The molecular weight excluding hydrogens is 482 g/mol. The molecule has 0 aliphatic rings. The van der Waals surface area contributed by atoms with Crippen LogP contribution in [0.15, 0.2) is 24.3 Å². The summed E-state index contributed by atoms with van der Waals surface area (Å²) in [6.07, 6.45) is 0. The summed E-state index contributed by atoms with van der Waals surface area (Å²) >= 11 is 26.1. The quantitative estimate of drug-likeness (QED) is 0.263. The largest absolute Gasteiger partial charge is 0.272 e. The number of halogens is 5. The molecule has 0 saturated carbocycles. The zero-order valence-corrected chi connectivity index (χ0v) is 17.0. The molecule has 6 nitrogen and oxygen atoms in total. The van der Waals surface area contributed by atoms with Gasteiger partial charge in [0.2, 0.25) is 0 Å². The summed E-state index contributed by atoms with van der Waals surface area (Å²) in [6.45, 7) is 1.70. The maximum atomic E-state index is 10.4. The van der Waals surface area contributed by atoms with Gasteiger partial charge in [-0.1, -0.05) is 62.3 Å². The van der Waals surface area contributed by atoms with E-state index in [1.165, 1.54) is 24.3 Å². The van der Waals surface area contributed by atoms with Gasteiger partial charge in [-0.25, -0.2) is 0 Å². The van der Waals surface area contributed by atoms with Crippen LogP contribution in [-0.2, 0) is 5.33 Å². The highest BCUT2D eigenvalue weighted by atomic mass is 79.9. The van der Waals surface area contributed by atoms with Crippen molar-refractivity contribution in [2.24, 2.45) is 0 Å². The van der Waals surface area contributed by atoms with Crippen LogP contribution in [0, 0.1) is 27.2 Å². The smallest absolute Gasteiger partial charge is 0.258 e. The molecule has 0 aliphatic heterocycles. The van der Waals surface area contributed by atoms with Crippen molar-refractivity contribution >= 4 is 73.7 Å². The van der Waals surface area contributed by atoms with Gasteiger partial charge in [-0.2, -0.15) is 0 Å². The number of alkyl halides is 1. The number of nitro benzene ring substituents is 2. The third-order valence-electron chi connectivity index (χ3n) is 2.95. The lowest BCUT2D eigenvalue weighted by molar-refractivity contribution is -0.385. The Morgan fingerprint density at radius 3 is 1.44 bits per heavy atom. The fourth-order valence-electron chi connectivity index (χ4n) is 1.56. The molecular formula is C14H9BrCl4N2O4. The number of non-ortho nitro benzene ring substituents is 2. The third kappa shape index (κ3) is 5.97. The van der Waals surface area contributed by atoms with Crippen LogP contribution in [0.2, 0.25) is 20.1 Å². The van der Waals surface area contributed by atoms with Crippen molar-refractivity contribution in [3.05, 3.63) is 75.7 Å². The SMILES string of the molecule is Cc1c(Cl)cc([N+](=O)[O-])cc1Cl.O=[N+]([O-])c1cc(Cl)c(CBr)c(Cl)c1. The van der Waals surface area contributed by atoms with Gasteiger partial charge in [0.1, 0.15) is 0 Å². The van der Waals surface area contributed by atoms with Crippen molar-refractivity contribution in [1.29, 1.82) is 0 Å². The van der Waals surface area contributed by atoms with E-state index in [-0.39, 0.29) is 11.4 Å². The van der Waals surface area contributed by atoms with E-state index >= 15 is 0 Å². The Labute approximate surface area is 171 Å². The molecule has 0 spiro atoms. The minimum atomic E-state index is -0.532. The highest BCUT2D eigenvalue weighted by Gasteiger charge is 2.13. The van der Waals surface area contributed by atoms with Gasteiger partial charge in [0.15, 0.2) is 0 Å². The normalized spacial score (nSPS) is 10.0. The molecule has 0 amide bonds. The molecule has 25 heavy (non-hydrogen) atoms. The lowest BCUT2D eigenvalue weighted by atomic mass is 10.2. The molecule has 0 N–H and O–H groups in total. The molecule has 2 rings (SSSR count). The Hall–Kier alpha value is -1.12. The van der Waals surface area contributed by atoms with Crippen LogP contribution < -0.4 is 0 Å². The van der Waals surface area contributed by atoms with E-state index in [9.17, 15) is 20.2 Å². The first-order valence-electron chi connectivity index (χ1n) is 6.36. The Morgan fingerprint density at radius 1 is 0.840 bits per heavy atom. The van der Waals surface area contributed by atoms with Crippen molar-refractivity contribution < 1.29 is 9.85 Å². The van der Waals surface area contributed by atoms with Gasteiger partial charge in [0.25, 0.3) is 11.4 Å². The van der Waals surface area contributed by atoms with Gasteiger partial charge >= 0.3 is 0 Å². The second-order valence-corrected chi connectivity index (χ2v) is 6.76. The van der Waals surface area contributed by atoms with E-state index in [0.29, 0.717) is 36.5 Å².